The minimum absolute atomic E-state index is 0.506. The molecule has 24 heavy (non-hydrogen) atoms. The monoisotopic (exact) mass is 362 g/mol. The second-order valence-corrected chi connectivity index (χ2v) is 13.3. The largest absolute Gasteiger partial charge is 0.361 e. The van der Waals surface area contributed by atoms with E-state index >= 15 is 0 Å². The number of fused-ring (bicyclic) bond motifs is 1. The highest BCUT2D eigenvalue weighted by Crippen LogP contribution is 2.35. The number of aryl methyl sites for hydroxylation is 1. The number of H-pyrrole nitrogens is 1. The van der Waals surface area contributed by atoms with Crippen molar-refractivity contribution in [3.05, 3.63) is 35.4 Å². The molecule has 0 saturated carbocycles. The lowest BCUT2D eigenvalue weighted by Crippen LogP contribution is -2.22. The zero-order valence-corrected chi connectivity index (χ0v) is 16.3. The predicted octanol–water partition coefficient (Wildman–Crippen LogP) is 4.70. The molecule has 3 aromatic rings. The minimum Gasteiger partial charge on any atom is -0.361 e. The van der Waals surface area contributed by atoms with E-state index in [1.54, 1.807) is 12.4 Å². The van der Waals surface area contributed by atoms with Crippen LogP contribution in [0.4, 0.5) is 0 Å². The molecule has 0 aliphatic rings. The first kappa shape index (κ1) is 17.2. The Hall–Kier alpha value is -1.63. The van der Waals surface area contributed by atoms with E-state index in [2.05, 4.69) is 34.8 Å². The van der Waals surface area contributed by atoms with Gasteiger partial charge in [-0.15, -0.1) is 0 Å². The molecule has 0 saturated heterocycles. The molecule has 0 bridgehead atoms. The average Bonchev–Trinajstić information content (AvgIpc) is 3.09. The number of hydrogen-bond acceptors (Lipinski definition) is 3. The van der Waals surface area contributed by atoms with Gasteiger partial charge in [0.1, 0.15) is 12.4 Å². The van der Waals surface area contributed by atoms with E-state index < -0.39 is 8.07 Å². The number of aromatic amines is 1. The van der Waals surface area contributed by atoms with Crippen LogP contribution in [0.15, 0.2) is 24.7 Å². The van der Waals surface area contributed by atoms with E-state index in [4.69, 9.17) is 16.3 Å². The number of halogens is 1. The Morgan fingerprint density at radius 3 is 2.75 bits per heavy atom. The minimum atomic E-state index is -1.07. The van der Waals surface area contributed by atoms with E-state index in [0.717, 1.165) is 40.5 Å². The van der Waals surface area contributed by atoms with Crippen LogP contribution in [0.3, 0.4) is 0 Å². The molecular formula is C17H23ClN4OSi. The molecule has 3 heterocycles. The summed E-state index contributed by atoms with van der Waals surface area (Å²) >= 11 is 6.41. The lowest BCUT2D eigenvalue weighted by atomic mass is 10.1. The number of hydrogen-bond donors (Lipinski definition) is 1. The van der Waals surface area contributed by atoms with Gasteiger partial charge >= 0.3 is 0 Å². The van der Waals surface area contributed by atoms with Gasteiger partial charge in [-0.3, -0.25) is 5.10 Å². The van der Waals surface area contributed by atoms with Crippen molar-refractivity contribution in [1.82, 2.24) is 19.7 Å². The Bertz CT molecular complexity index is 850. The fourth-order valence-corrected chi connectivity index (χ4v) is 3.65. The van der Waals surface area contributed by atoms with Gasteiger partial charge in [-0.05, 0) is 19.0 Å². The Labute approximate surface area is 148 Å². The van der Waals surface area contributed by atoms with Gasteiger partial charge in [0.15, 0.2) is 0 Å². The van der Waals surface area contributed by atoms with Crippen molar-refractivity contribution in [2.24, 2.45) is 0 Å². The molecule has 1 N–H and O–H groups in total. The summed E-state index contributed by atoms with van der Waals surface area (Å²) in [7, 11) is -1.07. The molecule has 0 radical (unpaired) electrons. The van der Waals surface area contributed by atoms with Crippen molar-refractivity contribution in [1.29, 1.82) is 0 Å². The van der Waals surface area contributed by atoms with Gasteiger partial charge in [-0.25, -0.2) is 4.98 Å². The first-order valence-corrected chi connectivity index (χ1v) is 12.2. The number of ether oxygens (including phenoxy) is 1. The number of nitrogens with zero attached hydrogens (tertiary/aromatic N) is 3. The molecule has 3 rings (SSSR count). The summed E-state index contributed by atoms with van der Waals surface area (Å²) in [6.07, 6.45) is 5.50. The summed E-state index contributed by atoms with van der Waals surface area (Å²) in [5.41, 5.74) is 3.84. The van der Waals surface area contributed by atoms with Gasteiger partial charge in [0.05, 0.1) is 11.2 Å². The van der Waals surface area contributed by atoms with Crippen molar-refractivity contribution in [2.45, 2.75) is 39.3 Å². The molecule has 0 aliphatic heterocycles. The summed E-state index contributed by atoms with van der Waals surface area (Å²) in [6.45, 7) is 10.3. The summed E-state index contributed by atoms with van der Waals surface area (Å²) in [5, 5.41) is 8.71. The van der Waals surface area contributed by atoms with Gasteiger partial charge in [-0.2, -0.15) is 5.10 Å². The Balaban J connectivity index is 1.87. The fourth-order valence-electron chi connectivity index (χ4n) is 2.64. The van der Waals surface area contributed by atoms with Crippen molar-refractivity contribution in [3.8, 4) is 11.1 Å². The van der Waals surface area contributed by atoms with Crippen molar-refractivity contribution in [3.63, 3.8) is 0 Å². The maximum Gasteiger partial charge on any atom is 0.142 e. The van der Waals surface area contributed by atoms with Crippen molar-refractivity contribution >= 4 is 30.7 Å². The zero-order valence-electron chi connectivity index (χ0n) is 14.6. The third-order valence-corrected chi connectivity index (χ3v) is 6.06. The molecule has 5 nitrogen and oxygen atoms in total. The lowest BCUT2D eigenvalue weighted by molar-refractivity contribution is 0.0899. The van der Waals surface area contributed by atoms with E-state index in [-0.39, 0.29) is 0 Å². The lowest BCUT2D eigenvalue weighted by Gasteiger charge is -2.15. The van der Waals surface area contributed by atoms with Crippen LogP contribution in [-0.2, 0) is 11.5 Å². The van der Waals surface area contributed by atoms with Crippen LogP contribution in [0.2, 0.25) is 30.7 Å². The topological polar surface area (TPSA) is 55.7 Å². The Morgan fingerprint density at radius 2 is 2.08 bits per heavy atom. The van der Waals surface area contributed by atoms with Gasteiger partial charge in [-0.1, -0.05) is 31.2 Å². The van der Waals surface area contributed by atoms with Gasteiger partial charge in [0.2, 0.25) is 0 Å². The van der Waals surface area contributed by atoms with Crippen molar-refractivity contribution < 1.29 is 4.74 Å². The SMILES string of the molecule is Cc1[nH]ncc1-c1c(Cl)cnc2c1ccn2COCC[Si](C)(C)C. The van der Waals surface area contributed by atoms with Crippen LogP contribution in [-0.4, -0.2) is 34.4 Å². The predicted molar refractivity (Wildman–Crippen MR) is 101 cm³/mol. The van der Waals surface area contributed by atoms with Crippen LogP contribution in [0.5, 0.6) is 0 Å². The van der Waals surface area contributed by atoms with E-state index in [1.807, 2.05) is 23.8 Å². The fraction of sp³-hybridized carbons (Fsp3) is 0.412. The highest BCUT2D eigenvalue weighted by atomic mass is 35.5. The highest BCUT2D eigenvalue weighted by Gasteiger charge is 2.16. The standard InChI is InChI=1S/C17H23ClN4OSi/c1-12-14(9-20-21-12)16-13-5-6-22(17(13)19-10-15(16)18)11-23-7-8-24(2,3)4/h5-6,9-10H,7-8,11H2,1-4H3,(H,20,21). The summed E-state index contributed by atoms with van der Waals surface area (Å²) in [5.74, 6) is 0. The van der Waals surface area contributed by atoms with E-state index in [9.17, 15) is 0 Å². The maximum absolute atomic E-state index is 6.41. The summed E-state index contributed by atoms with van der Waals surface area (Å²) in [6, 6.07) is 3.20. The van der Waals surface area contributed by atoms with Gasteiger partial charge in [0.25, 0.3) is 0 Å². The number of aromatic nitrogens is 4. The van der Waals surface area contributed by atoms with Crippen molar-refractivity contribution in [2.75, 3.05) is 6.61 Å². The molecule has 128 valence electrons. The number of pyridine rings is 1. The number of rotatable bonds is 6. The third kappa shape index (κ3) is 3.55. The zero-order chi connectivity index (χ0) is 17.3. The molecule has 0 aliphatic carbocycles. The Kier molecular flexibility index (Phi) is 4.80. The quantitative estimate of drug-likeness (QED) is 0.510. The first-order chi connectivity index (χ1) is 11.4. The molecule has 0 spiro atoms. The molecule has 3 aromatic heterocycles. The molecule has 0 unspecified atom stereocenters. The molecular weight excluding hydrogens is 340 g/mol. The van der Waals surface area contributed by atoms with Crippen LogP contribution < -0.4 is 0 Å². The highest BCUT2D eigenvalue weighted by molar-refractivity contribution is 6.76. The van der Waals surface area contributed by atoms with Crippen LogP contribution in [0, 0.1) is 6.92 Å². The normalized spacial score (nSPS) is 12.2. The smallest absolute Gasteiger partial charge is 0.142 e. The molecule has 0 atom stereocenters. The van der Waals surface area contributed by atoms with Crippen LogP contribution in [0.25, 0.3) is 22.2 Å². The number of nitrogens with one attached hydrogen (secondary N) is 1. The van der Waals surface area contributed by atoms with Crippen LogP contribution in [0.1, 0.15) is 5.69 Å². The second kappa shape index (κ2) is 6.70. The summed E-state index contributed by atoms with van der Waals surface area (Å²) in [4.78, 5) is 4.50. The first-order valence-electron chi connectivity index (χ1n) is 8.08. The third-order valence-electron chi connectivity index (χ3n) is 4.07. The maximum atomic E-state index is 6.41. The van der Waals surface area contributed by atoms with Crippen LogP contribution >= 0.6 is 11.6 Å². The molecule has 7 heteroatoms. The van der Waals surface area contributed by atoms with E-state index in [1.165, 1.54) is 0 Å². The summed E-state index contributed by atoms with van der Waals surface area (Å²) < 4.78 is 7.88. The molecule has 0 aromatic carbocycles. The second-order valence-electron chi connectivity index (χ2n) is 7.26. The van der Waals surface area contributed by atoms with Gasteiger partial charge in [0, 0.05) is 49.3 Å². The molecule has 0 fully saturated rings. The average molecular weight is 363 g/mol. The van der Waals surface area contributed by atoms with Gasteiger partial charge < -0.3 is 9.30 Å². The Morgan fingerprint density at radius 1 is 1.29 bits per heavy atom. The molecule has 0 amide bonds. The van der Waals surface area contributed by atoms with E-state index in [0.29, 0.717) is 11.8 Å².